The predicted octanol–water partition coefficient (Wildman–Crippen LogP) is 3.15. The van der Waals surface area contributed by atoms with Crippen LogP contribution < -0.4 is 10.5 Å². The fourth-order valence-electron chi connectivity index (χ4n) is 2.23. The number of likely N-dealkylation sites (N-methyl/N-ethyl adjacent to an activating group) is 1. The number of halogens is 1. The first-order chi connectivity index (χ1) is 11.1. The molecular formula is C16H17BrN4OS. The molecule has 0 radical (unpaired) electrons. The van der Waals surface area contributed by atoms with E-state index in [1.807, 2.05) is 26.1 Å². The van der Waals surface area contributed by atoms with Crippen molar-refractivity contribution < 1.29 is 0 Å². The molecule has 23 heavy (non-hydrogen) atoms. The number of fused-ring (bicyclic) bond motifs is 1. The van der Waals surface area contributed by atoms with Crippen molar-refractivity contribution in [3.8, 4) is 0 Å². The van der Waals surface area contributed by atoms with Crippen LogP contribution in [0.3, 0.4) is 0 Å². The van der Waals surface area contributed by atoms with Crippen molar-refractivity contribution in [2.75, 3.05) is 18.5 Å². The highest BCUT2D eigenvalue weighted by Gasteiger charge is 2.11. The second-order valence-corrected chi connectivity index (χ2v) is 7.17. The normalized spacial score (nSPS) is 11.1. The zero-order chi connectivity index (χ0) is 16.4. The van der Waals surface area contributed by atoms with Gasteiger partial charge in [0.05, 0.1) is 0 Å². The van der Waals surface area contributed by atoms with Crippen LogP contribution in [-0.4, -0.2) is 28.2 Å². The summed E-state index contributed by atoms with van der Waals surface area (Å²) >= 11 is 4.89. The third-order valence-corrected chi connectivity index (χ3v) is 5.18. The van der Waals surface area contributed by atoms with Crippen molar-refractivity contribution in [2.45, 2.75) is 19.8 Å². The van der Waals surface area contributed by atoms with Gasteiger partial charge in [-0.15, -0.1) is 5.10 Å². The number of aromatic nitrogens is 3. The van der Waals surface area contributed by atoms with Crippen LogP contribution in [0, 0.1) is 0 Å². The lowest BCUT2D eigenvalue weighted by atomic mass is 10.1. The summed E-state index contributed by atoms with van der Waals surface area (Å²) in [7, 11) is 1.99. The molecule has 0 amide bonds. The van der Waals surface area contributed by atoms with Gasteiger partial charge in [-0.3, -0.25) is 4.79 Å². The highest BCUT2D eigenvalue weighted by molar-refractivity contribution is 9.10. The third-order valence-electron chi connectivity index (χ3n) is 3.63. The van der Waals surface area contributed by atoms with Crippen molar-refractivity contribution >= 4 is 37.4 Å². The molecule has 0 spiro atoms. The molecule has 7 heteroatoms. The third kappa shape index (κ3) is 3.61. The molecule has 0 aliphatic rings. The van der Waals surface area contributed by atoms with Crippen LogP contribution in [0.15, 0.2) is 39.6 Å². The molecule has 0 fully saturated rings. The van der Waals surface area contributed by atoms with E-state index in [1.54, 1.807) is 6.07 Å². The molecule has 0 saturated heterocycles. The average Bonchev–Trinajstić information content (AvgIpc) is 2.98. The Kier molecular flexibility index (Phi) is 4.77. The molecule has 120 valence electrons. The van der Waals surface area contributed by atoms with Gasteiger partial charge in [0, 0.05) is 29.8 Å². The quantitative estimate of drug-likeness (QED) is 0.668. The molecule has 0 atom stereocenters. The maximum absolute atomic E-state index is 12.0. The van der Waals surface area contributed by atoms with Gasteiger partial charge in [0.25, 0.3) is 5.56 Å². The Labute approximate surface area is 146 Å². The van der Waals surface area contributed by atoms with Gasteiger partial charge in [-0.05, 0) is 30.5 Å². The second-order valence-electron chi connectivity index (χ2n) is 5.32. The topological polar surface area (TPSA) is 50.5 Å². The van der Waals surface area contributed by atoms with Gasteiger partial charge in [-0.2, -0.15) is 4.52 Å². The van der Waals surface area contributed by atoms with Crippen LogP contribution in [0.5, 0.6) is 0 Å². The molecule has 1 aromatic carbocycles. The summed E-state index contributed by atoms with van der Waals surface area (Å²) < 4.78 is 2.47. The summed E-state index contributed by atoms with van der Waals surface area (Å²) in [6.07, 6.45) is 1.67. The molecule has 0 aliphatic carbocycles. The van der Waals surface area contributed by atoms with Crippen LogP contribution in [-0.2, 0) is 12.8 Å². The van der Waals surface area contributed by atoms with Gasteiger partial charge in [0.1, 0.15) is 0 Å². The SMILES string of the molecule is CCc1cc(=O)n2nc(N(C)CCc3ccc(Br)cc3)sc2n1. The van der Waals surface area contributed by atoms with Crippen LogP contribution in [0.2, 0.25) is 0 Å². The smallest absolute Gasteiger partial charge is 0.275 e. The molecule has 2 heterocycles. The monoisotopic (exact) mass is 392 g/mol. The molecule has 0 saturated carbocycles. The Morgan fingerprint density at radius 1 is 1.30 bits per heavy atom. The van der Waals surface area contributed by atoms with Gasteiger partial charge in [-0.25, -0.2) is 4.98 Å². The van der Waals surface area contributed by atoms with E-state index >= 15 is 0 Å². The Bertz CT molecular complexity index is 872. The molecule has 5 nitrogen and oxygen atoms in total. The first-order valence-electron chi connectivity index (χ1n) is 7.42. The Hall–Kier alpha value is -1.73. The molecular weight excluding hydrogens is 376 g/mol. The summed E-state index contributed by atoms with van der Waals surface area (Å²) in [6.45, 7) is 2.82. The molecule has 0 N–H and O–H groups in total. The highest BCUT2D eigenvalue weighted by Crippen LogP contribution is 2.20. The molecule has 3 aromatic rings. The van der Waals surface area contributed by atoms with Crippen LogP contribution in [0.4, 0.5) is 5.13 Å². The minimum Gasteiger partial charge on any atom is -0.349 e. The Balaban J connectivity index is 1.78. The highest BCUT2D eigenvalue weighted by atomic mass is 79.9. The number of hydrogen-bond donors (Lipinski definition) is 0. The first-order valence-corrected chi connectivity index (χ1v) is 9.03. The number of nitrogens with zero attached hydrogens (tertiary/aromatic N) is 4. The van der Waals surface area contributed by atoms with Crippen molar-refractivity contribution in [3.05, 3.63) is 56.4 Å². The zero-order valence-corrected chi connectivity index (χ0v) is 15.4. The molecule has 2 aromatic heterocycles. The minimum atomic E-state index is -0.115. The lowest BCUT2D eigenvalue weighted by Gasteiger charge is -2.14. The van der Waals surface area contributed by atoms with E-state index in [2.05, 4.69) is 43.0 Å². The van der Waals surface area contributed by atoms with E-state index < -0.39 is 0 Å². The molecule has 0 aliphatic heterocycles. The van der Waals surface area contributed by atoms with Crippen LogP contribution >= 0.6 is 27.3 Å². The fraction of sp³-hybridized carbons (Fsp3) is 0.312. The molecule has 0 bridgehead atoms. The lowest BCUT2D eigenvalue weighted by molar-refractivity contribution is 0.823. The number of benzene rings is 1. The number of hydrogen-bond acceptors (Lipinski definition) is 5. The van der Waals surface area contributed by atoms with E-state index in [4.69, 9.17) is 0 Å². The van der Waals surface area contributed by atoms with Gasteiger partial charge < -0.3 is 4.90 Å². The number of aryl methyl sites for hydroxylation is 1. The summed E-state index contributed by atoms with van der Waals surface area (Å²) in [5, 5.41) is 5.20. The van der Waals surface area contributed by atoms with Crippen LogP contribution in [0.1, 0.15) is 18.2 Å². The lowest BCUT2D eigenvalue weighted by Crippen LogP contribution is -2.21. The van der Waals surface area contributed by atoms with Gasteiger partial charge >= 0.3 is 0 Å². The van der Waals surface area contributed by atoms with Crippen molar-refractivity contribution in [2.24, 2.45) is 0 Å². The van der Waals surface area contributed by atoms with Crippen molar-refractivity contribution in [3.63, 3.8) is 0 Å². The van der Waals surface area contributed by atoms with Crippen molar-refractivity contribution in [1.82, 2.24) is 14.6 Å². The molecule has 3 rings (SSSR count). The fourth-order valence-corrected chi connectivity index (χ4v) is 3.40. The zero-order valence-electron chi connectivity index (χ0n) is 13.0. The summed E-state index contributed by atoms with van der Waals surface area (Å²) in [5.41, 5.74) is 1.96. The summed E-state index contributed by atoms with van der Waals surface area (Å²) in [5.74, 6) is 0. The van der Waals surface area contributed by atoms with Crippen LogP contribution in [0.25, 0.3) is 4.96 Å². The maximum atomic E-state index is 12.0. The molecule has 0 unspecified atom stereocenters. The largest absolute Gasteiger partial charge is 0.349 e. The van der Waals surface area contributed by atoms with E-state index in [9.17, 15) is 4.79 Å². The number of anilines is 1. The van der Waals surface area contributed by atoms with Gasteiger partial charge in [0.15, 0.2) is 0 Å². The van der Waals surface area contributed by atoms with E-state index in [1.165, 1.54) is 21.4 Å². The maximum Gasteiger partial charge on any atom is 0.275 e. The average molecular weight is 393 g/mol. The number of rotatable bonds is 5. The van der Waals surface area contributed by atoms with E-state index in [-0.39, 0.29) is 5.56 Å². The van der Waals surface area contributed by atoms with Gasteiger partial charge in [0.2, 0.25) is 10.1 Å². The van der Waals surface area contributed by atoms with E-state index in [0.717, 1.165) is 34.7 Å². The Morgan fingerprint density at radius 2 is 2.04 bits per heavy atom. The van der Waals surface area contributed by atoms with Gasteiger partial charge in [-0.1, -0.05) is 46.3 Å². The Morgan fingerprint density at radius 3 is 2.74 bits per heavy atom. The minimum absolute atomic E-state index is 0.115. The van der Waals surface area contributed by atoms with E-state index in [0.29, 0.717) is 4.96 Å². The van der Waals surface area contributed by atoms with Crippen molar-refractivity contribution in [1.29, 1.82) is 0 Å². The summed E-state index contributed by atoms with van der Waals surface area (Å²) in [6, 6.07) is 9.86. The standard InChI is InChI=1S/C16H17BrN4OS/c1-3-13-10-14(22)21-15(18-13)23-16(19-21)20(2)9-8-11-4-6-12(17)7-5-11/h4-7,10H,3,8-9H2,1-2H3. The first kappa shape index (κ1) is 16.1. The predicted molar refractivity (Wildman–Crippen MR) is 97.6 cm³/mol. The second kappa shape index (κ2) is 6.80. The summed E-state index contributed by atoms with van der Waals surface area (Å²) in [4.78, 5) is 19.2.